The highest BCUT2D eigenvalue weighted by Crippen LogP contribution is 2.36. The van der Waals surface area contributed by atoms with Crippen LogP contribution in [-0.2, 0) is 9.53 Å². The van der Waals surface area contributed by atoms with Gasteiger partial charge in [0.25, 0.3) is 0 Å². The SMILES string of the molecule is CC(C)(N)C(=O)OCC1CCC(F)(F)CC1. The van der Waals surface area contributed by atoms with Crippen molar-refractivity contribution >= 4 is 5.97 Å². The molecular weight excluding hydrogens is 216 g/mol. The fourth-order valence-corrected chi connectivity index (χ4v) is 1.65. The molecule has 16 heavy (non-hydrogen) atoms. The van der Waals surface area contributed by atoms with Crippen molar-refractivity contribution in [1.82, 2.24) is 0 Å². The van der Waals surface area contributed by atoms with Crippen LogP contribution in [0.4, 0.5) is 8.78 Å². The normalized spacial score (nSPS) is 21.8. The van der Waals surface area contributed by atoms with E-state index in [4.69, 9.17) is 10.5 Å². The molecule has 1 rings (SSSR count). The molecule has 5 heteroatoms. The third-order valence-electron chi connectivity index (χ3n) is 2.81. The van der Waals surface area contributed by atoms with Gasteiger partial charge in [0.2, 0.25) is 5.92 Å². The van der Waals surface area contributed by atoms with Gasteiger partial charge in [0.1, 0.15) is 5.54 Å². The van der Waals surface area contributed by atoms with E-state index in [0.29, 0.717) is 12.8 Å². The van der Waals surface area contributed by atoms with E-state index in [2.05, 4.69) is 0 Å². The molecule has 0 aromatic heterocycles. The quantitative estimate of drug-likeness (QED) is 0.762. The molecule has 0 unspecified atom stereocenters. The number of alkyl halides is 2. The highest BCUT2D eigenvalue weighted by atomic mass is 19.3. The molecule has 1 aliphatic carbocycles. The number of rotatable bonds is 3. The van der Waals surface area contributed by atoms with Crippen LogP contribution in [-0.4, -0.2) is 24.0 Å². The monoisotopic (exact) mass is 235 g/mol. The van der Waals surface area contributed by atoms with E-state index in [-0.39, 0.29) is 25.4 Å². The summed E-state index contributed by atoms with van der Waals surface area (Å²) in [5.74, 6) is -2.97. The van der Waals surface area contributed by atoms with Gasteiger partial charge in [-0.3, -0.25) is 4.79 Å². The van der Waals surface area contributed by atoms with Gasteiger partial charge in [-0.15, -0.1) is 0 Å². The largest absolute Gasteiger partial charge is 0.464 e. The fourth-order valence-electron chi connectivity index (χ4n) is 1.65. The molecule has 1 aliphatic rings. The second-order valence-electron chi connectivity index (χ2n) is 5.12. The molecule has 0 saturated heterocycles. The third kappa shape index (κ3) is 4.04. The molecule has 0 heterocycles. The first-order valence-electron chi connectivity index (χ1n) is 5.55. The van der Waals surface area contributed by atoms with Crippen LogP contribution in [0.25, 0.3) is 0 Å². The number of ether oxygens (including phenoxy) is 1. The molecular formula is C11H19F2NO2. The zero-order chi connectivity index (χ0) is 12.4. The van der Waals surface area contributed by atoms with Gasteiger partial charge in [0.05, 0.1) is 6.61 Å². The second-order valence-corrected chi connectivity index (χ2v) is 5.12. The van der Waals surface area contributed by atoms with E-state index >= 15 is 0 Å². The zero-order valence-electron chi connectivity index (χ0n) is 9.76. The van der Waals surface area contributed by atoms with Gasteiger partial charge in [0.15, 0.2) is 0 Å². The van der Waals surface area contributed by atoms with Crippen molar-refractivity contribution in [3.8, 4) is 0 Å². The van der Waals surface area contributed by atoms with Crippen molar-refractivity contribution in [2.75, 3.05) is 6.61 Å². The van der Waals surface area contributed by atoms with Crippen molar-refractivity contribution in [3.05, 3.63) is 0 Å². The number of hydrogen-bond acceptors (Lipinski definition) is 3. The van der Waals surface area contributed by atoms with Gasteiger partial charge < -0.3 is 10.5 Å². The van der Waals surface area contributed by atoms with E-state index in [1.54, 1.807) is 13.8 Å². The van der Waals surface area contributed by atoms with Crippen molar-refractivity contribution in [3.63, 3.8) is 0 Å². The number of carbonyl (C=O) groups is 1. The molecule has 0 amide bonds. The Hall–Kier alpha value is -0.710. The van der Waals surface area contributed by atoms with Crippen molar-refractivity contribution in [1.29, 1.82) is 0 Å². The zero-order valence-corrected chi connectivity index (χ0v) is 9.76. The summed E-state index contributed by atoms with van der Waals surface area (Å²) in [7, 11) is 0. The molecule has 3 nitrogen and oxygen atoms in total. The summed E-state index contributed by atoms with van der Waals surface area (Å²) in [6, 6.07) is 0. The number of nitrogens with two attached hydrogens (primary N) is 1. The molecule has 0 aromatic rings. The van der Waals surface area contributed by atoms with Crippen LogP contribution >= 0.6 is 0 Å². The molecule has 0 spiro atoms. The predicted octanol–water partition coefficient (Wildman–Crippen LogP) is 2.09. The maximum absolute atomic E-state index is 12.8. The van der Waals surface area contributed by atoms with Crippen LogP contribution in [0.2, 0.25) is 0 Å². The smallest absolute Gasteiger partial charge is 0.325 e. The Labute approximate surface area is 94.3 Å². The highest BCUT2D eigenvalue weighted by molar-refractivity contribution is 5.79. The first kappa shape index (κ1) is 13.4. The van der Waals surface area contributed by atoms with Gasteiger partial charge in [-0.2, -0.15) is 0 Å². The average molecular weight is 235 g/mol. The average Bonchev–Trinajstić information content (AvgIpc) is 2.14. The van der Waals surface area contributed by atoms with Crippen molar-refractivity contribution in [2.24, 2.45) is 11.7 Å². The van der Waals surface area contributed by atoms with E-state index in [0.717, 1.165) is 0 Å². The molecule has 0 bridgehead atoms. The summed E-state index contributed by atoms with van der Waals surface area (Å²) in [4.78, 5) is 11.3. The number of esters is 1. The minimum Gasteiger partial charge on any atom is -0.464 e. The Morgan fingerprint density at radius 1 is 1.44 bits per heavy atom. The molecule has 0 aliphatic heterocycles. The third-order valence-corrected chi connectivity index (χ3v) is 2.81. The Balaban J connectivity index is 2.28. The van der Waals surface area contributed by atoms with Gasteiger partial charge in [-0.05, 0) is 32.6 Å². The van der Waals surface area contributed by atoms with Gasteiger partial charge in [-0.25, -0.2) is 8.78 Å². The van der Waals surface area contributed by atoms with E-state index in [1.165, 1.54) is 0 Å². The first-order chi connectivity index (χ1) is 7.21. The summed E-state index contributed by atoms with van der Waals surface area (Å²) >= 11 is 0. The first-order valence-corrected chi connectivity index (χ1v) is 5.55. The lowest BCUT2D eigenvalue weighted by molar-refractivity contribution is -0.151. The number of hydrogen-bond donors (Lipinski definition) is 1. The summed E-state index contributed by atoms with van der Waals surface area (Å²) < 4.78 is 30.7. The van der Waals surface area contributed by atoms with Crippen LogP contribution in [0, 0.1) is 5.92 Å². The molecule has 1 saturated carbocycles. The van der Waals surface area contributed by atoms with E-state index in [9.17, 15) is 13.6 Å². The number of halogens is 2. The van der Waals surface area contributed by atoms with E-state index < -0.39 is 17.4 Å². The topological polar surface area (TPSA) is 52.3 Å². The Bertz CT molecular complexity index is 251. The maximum atomic E-state index is 12.8. The Morgan fingerprint density at radius 2 is 1.94 bits per heavy atom. The molecule has 0 radical (unpaired) electrons. The summed E-state index contributed by atoms with van der Waals surface area (Å²) in [6.07, 6.45) is 0.596. The molecule has 0 atom stereocenters. The summed E-state index contributed by atoms with van der Waals surface area (Å²) in [6.45, 7) is 3.32. The van der Waals surface area contributed by atoms with Gasteiger partial charge in [-0.1, -0.05) is 0 Å². The van der Waals surface area contributed by atoms with Crippen molar-refractivity contribution in [2.45, 2.75) is 51.0 Å². The van der Waals surface area contributed by atoms with Crippen molar-refractivity contribution < 1.29 is 18.3 Å². The van der Waals surface area contributed by atoms with Crippen LogP contribution < -0.4 is 5.73 Å². The van der Waals surface area contributed by atoms with E-state index in [1.807, 2.05) is 0 Å². The Kier molecular flexibility index (Phi) is 3.88. The van der Waals surface area contributed by atoms with Crippen LogP contribution in [0.15, 0.2) is 0 Å². The molecule has 2 N–H and O–H groups in total. The lowest BCUT2D eigenvalue weighted by Crippen LogP contribution is -2.43. The second kappa shape index (κ2) is 4.65. The lowest BCUT2D eigenvalue weighted by Gasteiger charge is -2.28. The molecule has 94 valence electrons. The molecule has 0 aromatic carbocycles. The maximum Gasteiger partial charge on any atom is 0.325 e. The van der Waals surface area contributed by atoms with Gasteiger partial charge >= 0.3 is 5.97 Å². The summed E-state index contributed by atoms with van der Waals surface area (Å²) in [5, 5.41) is 0. The van der Waals surface area contributed by atoms with Crippen LogP contribution in [0.5, 0.6) is 0 Å². The van der Waals surface area contributed by atoms with Crippen LogP contribution in [0.3, 0.4) is 0 Å². The lowest BCUT2D eigenvalue weighted by atomic mass is 9.87. The van der Waals surface area contributed by atoms with Crippen LogP contribution in [0.1, 0.15) is 39.5 Å². The Morgan fingerprint density at radius 3 is 2.38 bits per heavy atom. The summed E-state index contributed by atoms with van der Waals surface area (Å²) in [5.41, 5.74) is 4.53. The predicted molar refractivity (Wildman–Crippen MR) is 56.1 cm³/mol. The highest BCUT2D eigenvalue weighted by Gasteiger charge is 2.35. The number of carbonyl (C=O) groups excluding carboxylic acids is 1. The minimum absolute atomic E-state index is 0.0472. The fraction of sp³-hybridized carbons (Fsp3) is 0.909. The standard InChI is InChI=1S/C11H19F2NO2/c1-10(2,14)9(15)16-7-8-3-5-11(12,13)6-4-8/h8H,3-7,14H2,1-2H3. The molecule has 1 fully saturated rings. The minimum atomic E-state index is -2.53. The van der Waals surface area contributed by atoms with Gasteiger partial charge in [0, 0.05) is 12.8 Å².